The maximum atomic E-state index is 13.6. The Labute approximate surface area is 560 Å². The lowest BCUT2D eigenvalue weighted by atomic mass is 10.1. The molecule has 0 saturated carbocycles. The molecule has 0 aliphatic rings. The molecule has 512 valence electrons. The molecule has 0 radical (unpaired) electrons. The highest BCUT2D eigenvalue weighted by atomic mass is 19.2. The average Bonchev–Trinajstić information content (AvgIpc) is 0.928. The van der Waals surface area contributed by atoms with Gasteiger partial charge in [0.15, 0.2) is 0 Å². The van der Waals surface area contributed by atoms with Crippen LogP contribution in [0.25, 0.3) is 55.6 Å². The molecule has 0 aliphatic heterocycles. The van der Waals surface area contributed by atoms with Gasteiger partial charge in [-0.3, -0.25) is 0 Å². The summed E-state index contributed by atoms with van der Waals surface area (Å²) in [6, 6.07) is 47.7. The molecule has 0 spiro atoms. The first-order valence-electron chi connectivity index (χ1n) is 32.3. The number of ether oxygens (including phenoxy) is 5. The number of rotatable bonds is 27. The minimum Gasteiger partial charge on any atom is -0.494 e. The van der Waals surface area contributed by atoms with E-state index in [4.69, 9.17) is 23.7 Å². The zero-order chi connectivity index (χ0) is 69.7. The fraction of sp³-hybridized carbons (Fsp3) is 0.286. The summed E-state index contributed by atoms with van der Waals surface area (Å²) < 4.78 is 159. The fourth-order valence-electron chi connectivity index (χ4n) is 9.13. The molecule has 10 aromatic rings. The molecular formula is C77H79F10N5O5. The summed E-state index contributed by atoms with van der Waals surface area (Å²) in [5.74, 6) is -4.42. The van der Waals surface area contributed by atoms with Crippen LogP contribution in [-0.4, -0.2) is 58.0 Å². The van der Waals surface area contributed by atoms with Crippen molar-refractivity contribution in [3.8, 4) is 84.4 Å². The Kier molecular flexibility index (Phi) is 32.9. The Morgan fingerprint density at radius 2 is 0.433 bits per heavy atom. The molecule has 10 rings (SSSR count). The van der Waals surface area contributed by atoms with E-state index in [9.17, 15) is 43.9 Å². The van der Waals surface area contributed by atoms with E-state index < -0.39 is 59.5 Å². The van der Waals surface area contributed by atoms with Crippen LogP contribution in [0.3, 0.4) is 0 Å². The van der Waals surface area contributed by atoms with E-state index in [-0.39, 0.29) is 27.8 Å². The van der Waals surface area contributed by atoms with Crippen molar-refractivity contribution >= 4 is 0 Å². The van der Waals surface area contributed by atoms with E-state index >= 15 is 0 Å². The maximum absolute atomic E-state index is 13.6. The van der Waals surface area contributed by atoms with Gasteiger partial charge in [0.1, 0.15) is 28.7 Å². The number of nitrogens with zero attached hydrogens (tertiary/aromatic N) is 5. The second kappa shape index (κ2) is 41.9. The Morgan fingerprint density at radius 3 is 0.680 bits per heavy atom. The van der Waals surface area contributed by atoms with Crippen molar-refractivity contribution in [1.82, 2.24) is 24.9 Å². The average molecular weight is 1340 g/mol. The number of hydrogen-bond donors (Lipinski definition) is 0. The number of hydrogen-bond acceptors (Lipinski definition) is 10. The Bertz CT molecular complexity index is 3910. The Morgan fingerprint density at radius 1 is 0.216 bits per heavy atom. The highest BCUT2D eigenvalue weighted by Gasteiger charge is 2.13. The van der Waals surface area contributed by atoms with E-state index in [0.29, 0.717) is 66.6 Å². The molecule has 0 bridgehead atoms. The van der Waals surface area contributed by atoms with Crippen molar-refractivity contribution in [2.24, 2.45) is 0 Å². The van der Waals surface area contributed by atoms with Crippen LogP contribution in [0.15, 0.2) is 182 Å². The van der Waals surface area contributed by atoms with Crippen molar-refractivity contribution in [2.75, 3.05) is 33.0 Å². The summed E-state index contributed by atoms with van der Waals surface area (Å²) in [6.45, 7) is 13.6. The van der Waals surface area contributed by atoms with Gasteiger partial charge in [-0.2, -0.15) is 68.8 Å². The van der Waals surface area contributed by atoms with Crippen molar-refractivity contribution in [2.45, 2.75) is 112 Å². The van der Waals surface area contributed by atoms with Gasteiger partial charge in [0, 0.05) is 27.8 Å². The highest BCUT2D eigenvalue weighted by Crippen LogP contribution is 2.30. The van der Waals surface area contributed by atoms with Gasteiger partial charge in [0.2, 0.25) is 59.5 Å². The van der Waals surface area contributed by atoms with Crippen LogP contribution in [0.2, 0.25) is 0 Å². The quantitative estimate of drug-likeness (QED) is 0.0280. The van der Waals surface area contributed by atoms with E-state index in [1.54, 1.807) is 121 Å². The fourth-order valence-corrected chi connectivity index (χ4v) is 9.13. The molecular weight excluding hydrogens is 1260 g/mol. The summed E-state index contributed by atoms with van der Waals surface area (Å²) in [5, 5.41) is 0. The summed E-state index contributed by atoms with van der Waals surface area (Å²) in [6.07, 6.45) is 13.7. The van der Waals surface area contributed by atoms with Crippen molar-refractivity contribution in [3.63, 3.8) is 0 Å². The number of aromatic nitrogens is 5. The molecule has 0 amide bonds. The molecule has 20 heteroatoms. The predicted octanol–water partition coefficient (Wildman–Crippen LogP) is 21.8. The zero-order valence-corrected chi connectivity index (χ0v) is 54.9. The summed E-state index contributed by atoms with van der Waals surface area (Å²) in [5.41, 5.74) is 4.63. The monoisotopic (exact) mass is 1340 g/mol. The first kappa shape index (κ1) is 76.2. The van der Waals surface area contributed by atoms with Crippen LogP contribution >= 0.6 is 0 Å². The zero-order valence-electron chi connectivity index (χ0n) is 54.9. The molecule has 10 nitrogen and oxygen atoms in total. The SMILES string of the molecule is CCCCCCCCOc1ccc(-c2ccc(F)nc2F)cc1.CCCCCOc1ccc(-c2ccc(F)nc2F)cc1.CCCCOc1ccc(-c2ccc(F)nc2F)cc1.CCCOc1ccc(-c2ccc(F)nc2F)cc1.CCOc1ccc(-c2ccc(F)nc2F)cc1. The standard InChI is InChI=1S/C19H23F2NO.C16H17F2NO.C15H15F2NO.C14H13F2NO.C13H11F2NO/c1-2-3-4-5-6-7-14-23-16-10-8-15(9-11-16)17-12-13-18(20)22-19(17)21;1-2-3-4-11-20-13-7-5-12(6-8-13)14-9-10-15(17)19-16(14)18;1-2-3-10-19-12-6-4-11(5-7-12)13-8-9-14(16)18-15(13)17;1-2-9-18-11-5-3-10(4-6-11)12-7-8-13(15)17-14(12)16;1-2-17-10-5-3-9(4-6-10)11-7-8-12(14)16-13(11)15/h8-13H,2-7,14H2,1H3;5-10H,2-4,11H2,1H3;4-9H,2-3,10H2,1H3;3-8H,2,9H2,1H3;3-8H,2H2,1H3. The van der Waals surface area contributed by atoms with Crippen LogP contribution in [0.4, 0.5) is 43.9 Å². The van der Waals surface area contributed by atoms with Gasteiger partial charge in [-0.05, 0) is 182 Å². The van der Waals surface area contributed by atoms with Gasteiger partial charge >= 0.3 is 0 Å². The number of benzene rings is 5. The van der Waals surface area contributed by atoms with E-state index in [0.717, 1.165) is 98.3 Å². The van der Waals surface area contributed by atoms with E-state index in [1.165, 1.54) is 62.4 Å². The minimum atomic E-state index is -0.822. The van der Waals surface area contributed by atoms with Crippen molar-refractivity contribution in [3.05, 3.63) is 241 Å². The lowest BCUT2D eigenvalue weighted by Crippen LogP contribution is -1.97. The minimum absolute atomic E-state index is 0.273. The van der Waals surface area contributed by atoms with Crippen LogP contribution in [0.5, 0.6) is 28.7 Å². The molecule has 0 unspecified atom stereocenters. The first-order valence-corrected chi connectivity index (χ1v) is 32.3. The van der Waals surface area contributed by atoms with Crippen LogP contribution in [0.1, 0.15) is 112 Å². The van der Waals surface area contributed by atoms with Crippen LogP contribution < -0.4 is 23.7 Å². The number of pyridine rings is 5. The first-order chi connectivity index (χ1) is 47.0. The molecule has 97 heavy (non-hydrogen) atoms. The lowest BCUT2D eigenvalue weighted by molar-refractivity contribution is 0.304. The molecule has 5 heterocycles. The van der Waals surface area contributed by atoms with Gasteiger partial charge in [-0.25, -0.2) is 0 Å². The van der Waals surface area contributed by atoms with Crippen LogP contribution in [-0.2, 0) is 0 Å². The largest absolute Gasteiger partial charge is 0.494 e. The molecule has 5 aromatic carbocycles. The summed E-state index contributed by atoms with van der Waals surface area (Å²) in [4.78, 5) is 15.8. The molecule has 0 aliphatic carbocycles. The van der Waals surface area contributed by atoms with Crippen molar-refractivity contribution in [1.29, 1.82) is 0 Å². The third-order valence-electron chi connectivity index (χ3n) is 14.2. The van der Waals surface area contributed by atoms with E-state index in [1.807, 2.05) is 13.8 Å². The highest BCUT2D eigenvalue weighted by molar-refractivity contribution is 5.67. The van der Waals surface area contributed by atoms with Gasteiger partial charge in [0.25, 0.3) is 0 Å². The smallest absolute Gasteiger partial charge is 0.223 e. The van der Waals surface area contributed by atoms with Gasteiger partial charge in [0.05, 0.1) is 33.0 Å². The molecule has 0 N–H and O–H groups in total. The van der Waals surface area contributed by atoms with Gasteiger partial charge in [-0.15, -0.1) is 0 Å². The summed E-state index contributed by atoms with van der Waals surface area (Å²) >= 11 is 0. The lowest BCUT2D eigenvalue weighted by Gasteiger charge is -2.08. The van der Waals surface area contributed by atoms with E-state index in [2.05, 4.69) is 45.7 Å². The topological polar surface area (TPSA) is 111 Å². The number of unbranched alkanes of at least 4 members (excludes halogenated alkanes) is 8. The van der Waals surface area contributed by atoms with Crippen molar-refractivity contribution < 1.29 is 67.6 Å². The summed E-state index contributed by atoms with van der Waals surface area (Å²) in [7, 11) is 0. The molecule has 5 aromatic heterocycles. The normalized spacial score (nSPS) is 10.5. The van der Waals surface area contributed by atoms with Crippen LogP contribution in [0, 0.1) is 59.5 Å². The number of halogens is 10. The molecule has 0 fully saturated rings. The third kappa shape index (κ3) is 26.4. The predicted molar refractivity (Wildman–Crippen MR) is 359 cm³/mol. The van der Waals surface area contributed by atoms with Gasteiger partial charge < -0.3 is 23.7 Å². The van der Waals surface area contributed by atoms with Gasteiger partial charge in [-0.1, -0.05) is 140 Å². The third-order valence-corrected chi connectivity index (χ3v) is 14.2. The maximum Gasteiger partial charge on any atom is 0.223 e. The molecule has 0 saturated heterocycles. The Hall–Kier alpha value is -9.85. The Balaban J connectivity index is 0.000000192. The second-order valence-corrected chi connectivity index (χ2v) is 21.6. The molecule has 0 atom stereocenters. The second-order valence-electron chi connectivity index (χ2n) is 21.6.